The molecule has 1 aliphatic heterocycles. The van der Waals surface area contributed by atoms with E-state index in [0.29, 0.717) is 31.6 Å². The lowest BCUT2D eigenvalue weighted by atomic mass is 9.96. The molecular weight excluding hydrogens is 316 g/mol. The van der Waals surface area contributed by atoms with E-state index in [9.17, 15) is 18.0 Å². The van der Waals surface area contributed by atoms with Gasteiger partial charge in [-0.25, -0.2) is 8.42 Å². The molecule has 0 atom stereocenters. The summed E-state index contributed by atoms with van der Waals surface area (Å²) < 4.78 is 23.5. The van der Waals surface area contributed by atoms with Crippen LogP contribution in [0.1, 0.15) is 26.7 Å². The molecule has 1 fully saturated rings. The average molecular weight is 338 g/mol. The standard InChI is InChI=1S/C16H22N2O4S/c1-3-23(21,22)15-6-4-14(5-7-15)17-16(20)13-8-10-18(11-9-13)12(2)19/h4-7,13H,3,8-11H2,1-2H3,(H,17,20). The first-order valence-corrected chi connectivity index (χ1v) is 9.38. The fourth-order valence-electron chi connectivity index (χ4n) is 2.61. The van der Waals surface area contributed by atoms with Crippen molar-refractivity contribution in [3.05, 3.63) is 24.3 Å². The van der Waals surface area contributed by atoms with Crippen molar-refractivity contribution in [1.82, 2.24) is 4.90 Å². The minimum absolute atomic E-state index is 0.0385. The highest BCUT2D eigenvalue weighted by Crippen LogP contribution is 2.21. The van der Waals surface area contributed by atoms with Crippen molar-refractivity contribution in [3.63, 3.8) is 0 Å². The van der Waals surface area contributed by atoms with Gasteiger partial charge >= 0.3 is 0 Å². The van der Waals surface area contributed by atoms with E-state index in [1.165, 1.54) is 19.1 Å². The maximum Gasteiger partial charge on any atom is 0.227 e. The SMILES string of the molecule is CCS(=O)(=O)c1ccc(NC(=O)C2CCN(C(C)=O)CC2)cc1. The number of benzene rings is 1. The number of sulfone groups is 1. The van der Waals surface area contributed by atoms with Gasteiger partial charge in [0.1, 0.15) is 0 Å². The van der Waals surface area contributed by atoms with Gasteiger partial charge in [0.05, 0.1) is 10.6 Å². The van der Waals surface area contributed by atoms with Crippen LogP contribution in [0.3, 0.4) is 0 Å². The molecule has 1 N–H and O–H groups in total. The summed E-state index contributed by atoms with van der Waals surface area (Å²) in [4.78, 5) is 25.5. The lowest BCUT2D eigenvalue weighted by Crippen LogP contribution is -2.40. The van der Waals surface area contributed by atoms with Gasteiger partial charge in [0.2, 0.25) is 11.8 Å². The van der Waals surface area contributed by atoms with Gasteiger partial charge in [-0.2, -0.15) is 0 Å². The number of anilines is 1. The Balaban J connectivity index is 1.95. The number of amides is 2. The van der Waals surface area contributed by atoms with Crippen LogP contribution in [0.5, 0.6) is 0 Å². The van der Waals surface area contributed by atoms with Gasteiger partial charge in [0.15, 0.2) is 9.84 Å². The largest absolute Gasteiger partial charge is 0.343 e. The molecule has 0 bridgehead atoms. The summed E-state index contributed by atoms with van der Waals surface area (Å²) in [7, 11) is -3.23. The average Bonchev–Trinajstić information content (AvgIpc) is 2.55. The van der Waals surface area contributed by atoms with E-state index in [4.69, 9.17) is 0 Å². The Bertz CT molecular complexity index is 675. The van der Waals surface area contributed by atoms with Crippen LogP contribution >= 0.6 is 0 Å². The van der Waals surface area contributed by atoms with E-state index >= 15 is 0 Å². The first kappa shape index (κ1) is 17.5. The zero-order valence-corrected chi connectivity index (χ0v) is 14.2. The predicted molar refractivity (Wildman–Crippen MR) is 87.8 cm³/mol. The van der Waals surface area contributed by atoms with Crippen LogP contribution in [0, 0.1) is 5.92 Å². The molecule has 0 aliphatic carbocycles. The fraction of sp³-hybridized carbons (Fsp3) is 0.500. The number of nitrogens with zero attached hydrogens (tertiary/aromatic N) is 1. The third-order valence-corrected chi connectivity index (χ3v) is 5.92. The van der Waals surface area contributed by atoms with Crippen LogP contribution in [0.15, 0.2) is 29.2 Å². The third kappa shape index (κ3) is 4.31. The lowest BCUT2D eigenvalue weighted by molar-refractivity contribution is -0.132. The predicted octanol–water partition coefficient (Wildman–Crippen LogP) is 1.68. The molecule has 0 saturated carbocycles. The number of nitrogens with one attached hydrogen (secondary N) is 1. The molecule has 23 heavy (non-hydrogen) atoms. The minimum Gasteiger partial charge on any atom is -0.343 e. The van der Waals surface area contributed by atoms with Crippen LogP contribution in [-0.2, 0) is 19.4 Å². The van der Waals surface area contributed by atoms with Gasteiger partial charge in [-0.15, -0.1) is 0 Å². The minimum atomic E-state index is -3.23. The molecule has 2 amide bonds. The van der Waals surface area contributed by atoms with Crippen molar-refractivity contribution < 1.29 is 18.0 Å². The zero-order valence-electron chi connectivity index (χ0n) is 13.4. The van der Waals surface area contributed by atoms with Crippen molar-refractivity contribution in [2.24, 2.45) is 5.92 Å². The number of hydrogen-bond donors (Lipinski definition) is 1. The Hall–Kier alpha value is -1.89. The van der Waals surface area contributed by atoms with Crippen LogP contribution in [0.25, 0.3) is 0 Å². The fourth-order valence-corrected chi connectivity index (χ4v) is 3.50. The van der Waals surface area contributed by atoms with E-state index in [2.05, 4.69) is 5.32 Å². The Morgan fingerprint density at radius 3 is 2.22 bits per heavy atom. The molecule has 0 radical (unpaired) electrons. The van der Waals surface area contributed by atoms with E-state index < -0.39 is 9.84 Å². The summed E-state index contributed by atoms with van der Waals surface area (Å²) in [5.41, 5.74) is 0.582. The van der Waals surface area contributed by atoms with E-state index in [0.717, 1.165) is 0 Å². The normalized spacial score (nSPS) is 16.2. The molecule has 126 valence electrons. The Morgan fingerprint density at radius 2 is 1.74 bits per heavy atom. The molecule has 6 nitrogen and oxygen atoms in total. The number of piperidine rings is 1. The molecule has 0 aromatic heterocycles. The second-order valence-electron chi connectivity index (χ2n) is 5.70. The lowest BCUT2D eigenvalue weighted by Gasteiger charge is -2.30. The van der Waals surface area contributed by atoms with Crippen molar-refractivity contribution in [2.45, 2.75) is 31.6 Å². The molecule has 0 unspecified atom stereocenters. The van der Waals surface area contributed by atoms with Crippen LogP contribution in [-0.4, -0.2) is 44.0 Å². The maximum atomic E-state index is 12.2. The Morgan fingerprint density at radius 1 is 1.17 bits per heavy atom. The molecule has 1 saturated heterocycles. The zero-order chi connectivity index (χ0) is 17.0. The highest BCUT2D eigenvalue weighted by atomic mass is 32.2. The third-order valence-electron chi connectivity index (χ3n) is 4.17. The summed E-state index contributed by atoms with van der Waals surface area (Å²) >= 11 is 0. The number of hydrogen-bond acceptors (Lipinski definition) is 4. The quantitative estimate of drug-likeness (QED) is 0.905. The number of rotatable bonds is 4. The van der Waals surface area contributed by atoms with Crippen LogP contribution in [0.2, 0.25) is 0 Å². The Kier molecular flexibility index (Phi) is 5.41. The van der Waals surface area contributed by atoms with Crippen molar-refractivity contribution >= 4 is 27.3 Å². The summed E-state index contributed by atoms with van der Waals surface area (Å²) in [5, 5.41) is 2.82. The second-order valence-corrected chi connectivity index (χ2v) is 7.98. The van der Waals surface area contributed by atoms with Gasteiger partial charge in [-0.3, -0.25) is 9.59 Å². The molecular formula is C16H22N2O4S. The first-order chi connectivity index (χ1) is 10.8. The van der Waals surface area contributed by atoms with Gasteiger partial charge in [0.25, 0.3) is 0 Å². The van der Waals surface area contributed by atoms with Gasteiger partial charge in [0, 0.05) is 31.6 Å². The van der Waals surface area contributed by atoms with Gasteiger partial charge < -0.3 is 10.2 Å². The maximum absolute atomic E-state index is 12.2. The van der Waals surface area contributed by atoms with Gasteiger partial charge in [-0.1, -0.05) is 6.92 Å². The van der Waals surface area contributed by atoms with Crippen LogP contribution in [0.4, 0.5) is 5.69 Å². The second kappa shape index (κ2) is 7.12. The monoisotopic (exact) mass is 338 g/mol. The van der Waals surface area contributed by atoms with Crippen LogP contribution < -0.4 is 5.32 Å². The number of carbonyl (C=O) groups excluding carboxylic acids is 2. The summed E-state index contributed by atoms with van der Waals surface area (Å²) in [6.07, 6.45) is 1.29. The highest BCUT2D eigenvalue weighted by molar-refractivity contribution is 7.91. The molecule has 0 spiro atoms. The smallest absolute Gasteiger partial charge is 0.227 e. The first-order valence-electron chi connectivity index (χ1n) is 7.72. The molecule has 2 rings (SSSR count). The number of carbonyl (C=O) groups is 2. The van der Waals surface area contributed by atoms with E-state index in [1.54, 1.807) is 24.0 Å². The van der Waals surface area contributed by atoms with Crippen molar-refractivity contribution in [3.8, 4) is 0 Å². The van der Waals surface area contributed by atoms with E-state index in [-0.39, 0.29) is 28.4 Å². The highest BCUT2D eigenvalue weighted by Gasteiger charge is 2.26. The Labute approximate surface area is 136 Å². The summed E-state index contributed by atoms with van der Waals surface area (Å²) in [6.45, 7) is 4.33. The molecule has 1 aromatic carbocycles. The summed E-state index contributed by atoms with van der Waals surface area (Å²) in [5.74, 6) is -0.117. The molecule has 1 aromatic rings. The summed E-state index contributed by atoms with van der Waals surface area (Å²) in [6, 6.07) is 6.22. The van der Waals surface area contributed by atoms with E-state index in [1.807, 2.05) is 0 Å². The molecule has 1 heterocycles. The molecule has 7 heteroatoms. The number of likely N-dealkylation sites (tertiary alicyclic amines) is 1. The van der Waals surface area contributed by atoms with Crippen molar-refractivity contribution in [1.29, 1.82) is 0 Å². The van der Waals surface area contributed by atoms with Gasteiger partial charge in [-0.05, 0) is 37.1 Å². The topological polar surface area (TPSA) is 83.6 Å². The molecule has 1 aliphatic rings. The van der Waals surface area contributed by atoms with Crippen molar-refractivity contribution in [2.75, 3.05) is 24.2 Å².